The van der Waals surface area contributed by atoms with E-state index in [2.05, 4.69) is 10.6 Å². The van der Waals surface area contributed by atoms with Gasteiger partial charge in [0.25, 0.3) is 5.91 Å². The van der Waals surface area contributed by atoms with Crippen LogP contribution in [0.5, 0.6) is 5.75 Å². The van der Waals surface area contributed by atoms with Crippen molar-refractivity contribution in [3.8, 4) is 5.75 Å². The molecule has 0 aromatic heterocycles. The minimum absolute atomic E-state index is 0.0190. The molecular weight excluding hydrogens is 360 g/mol. The maximum atomic E-state index is 12.2. The molecule has 0 saturated heterocycles. The third-order valence-electron chi connectivity index (χ3n) is 5.40. The average molecular weight is 388 g/mol. The summed E-state index contributed by atoms with van der Waals surface area (Å²) in [4.78, 5) is 34.8. The normalized spacial score (nSPS) is 21.6. The van der Waals surface area contributed by atoms with Gasteiger partial charge in [0, 0.05) is 18.5 Å². The predicted octanol–water partition coefficient (Wildman–Crippen LogP) is 1.89. The summed E-state index contributed by atoms with van der Waals surface area (Å²) < 4.78 is 5.48. The Kier molecular flexibility index (Phi) is 6.90. The molecule has 2 saturated carbocycles. The number of carbonyl (C=O) groups is 3. The van der Waals surface area contributed by atoms with Gasteiger partial charge in [-0.1, -0.05) is 12.1 Å². The Morgan fingerprint density at radius 1 is 0.964 bits per heavy atom. The molecule has 7 nitrogen and oxygen atoms in total. The lowest BCUT2D eigenvalue weighted by Crippen LogP contribution is -2.35. The molecule has 0 unspecified atom stereocenters. The van der Waals surface area contributed by atoms with E-state index in [0.717, 1.165) is 18.4 Å². The number of ether oxygens (including phenoxy) is 1. The highest BCUT2D eigenvalue weighted by atomic mass is 16.5. The van der Waals surface area contributed by atoms with Crippen LogP contribution in [0, 0.1) is 11.8 Å². The number of amides is 2. The second kappa shape index (κ2) is 9.57. The van der Waals surface area contributed by atoms with Gasteiger partial charge in [0.1, 0.15) is 5.75 Å². The lowest BCUT2D eigenvalue weighted by Gasteiger charge is -2.25. The zero-order chi connectivity index (χ0) is 19.9. The first kappa shape index (κ1) is 20.2. The molecule has 28 heavy (non-hydrogen) atoms. The van der Waals surface area contributed by atoms with Crippen LogP contribution in [0.15, 0.2) is 24.3 Å². The van der Waals surface area contributed by atoms with E-state index in [1.807, 2.05) is 24.3 Å². The monoisotopic (exact) mass is 388 g/mol. The van der Waals surface area contributed by atoms with Crippen LogP contribution in [-0.4, -0.2) is 42.1 Å². The lowest BCUT2D eigenvalue weighted by molar-refractivity contribution is -0.144. The van der Waals surface area contributed by atoms with Gasteiger partial charge in [-0.2, -0.15) is 0 Å². The van der Waals surface area contributed by atoms with E-state index in [9.17, 15) is 14.4 Å². The second-order valence-electron chi connectivity index (χ2n) is 7.70. The highest BCUT2D eigenvalue weighted by Gasteiger charge is 2.29. The van der Waals surface area contributed by atoms with Crippen LogP contribution in [0.4, 0.5) is 0 Å². The Labute approximate surface area is 164 Å². The summed E-state index contributed by atoms with van der Waals surface area (Å²) in [7, 11) is 0. The van der Waals surface area contributed by atoms with Crippen molar-refractivity contribution in [1.29, 1.82) is 0 Å². The smallest absolute Gasteiger partial charge is 0.306 e. The van der Waals surface area contributed by atoms with E-state index in [-0.39, 0.29) is 30.3 Å². The standard InChI is InChI=1S/C21H28N2O5/c24-19(23-17-7-8-17)13-28-18-9-1-14(2-10-18)11-12-22-20(25)15-3-5-16(6-4-15)21(26)27/h1-2,9-10,15-17H,3-8,11-13H2,(H,22,25)(H,23,24)(H,26,27). The van der Waals surface area contributed by atoms with Crippen LogP contribution in [-0.2, 0) is 20.8 Å². The summed E-state index contributed by atoms with van der Waals surface area (Å²) in [5.41, 5.74) is 1.07. The zero-order valence-electron chi connectivity index (χ0n) is 16.0. The fourth-order valence-corrected chi connectivity index (χ4v) is 3.48. The topological polar surface area (TPSA) is 105 Å². The van der Waals surface area contributed by atoms with Gasteiger partial charge < -0.3 is 20.5 Å². The molecule has 3 N–H and O–H groups in total. The number of carboxylic acid groups (broad SMARTS) is 1. The van der Waals surface area contributed by atoms with Gasteiger partial charge in [-0.15, -0.1) is 0 Å². The second-order valence-corrected chi connectivity index (χ2v) is 7.70. The molecule has 7 heteroatoms. The first-order valence-corrected chi connectivity index (χ1v) is 10.0. The Hall–Kier alpha value is -2.57. The number of aliphatic carboxylic acids is 1. The van der Waals surface area contributed by atoms with Gasteiger partial charge in [-0.25, -0.2) is 0 Å². The average Bonchev–Trinajstić information content (AvgIpc) is 3.51. The van der Waals surface area contributed by atoms with E-state index in [1.165, 1.54) is 0 Å². The first-order valence-electron chi connectivity index (χ1n) is 10.0. The quantitative estimate of drug-likeness (QED) is 0.599. The fourth-order valence-electron chi connectivity index (χ4n) is 3.48. The van der Waals surface area contributed by atoms with Gasteiger partial charge in [-0.3, -0.25) is 14.4 Å². The van der Waals surface area contributed by atoms with Crippen molar-refractivity contribution in [2.45, 2.75) is 51.0 Å². The Bertz CT molecular complexity index is 691. The zero-order valence-corrected chi connectivity index (χ0v) is 16.0. The van der Waals surface area contributed by atoms with E-state index < -0.39 is 5.97 Å². The molecule has 0 heterocycles. The van der Waals surface area contributed by atoms with E-state index in [0.29, 0.717) is 50.4 Å². The van der Waals surface area contributed by atoms with Crippen molar-refractivity contribution in [3.63, 3.8) is 0 Å². The van der Waals surface area contributed by atoms with Crippen LogP contribution in [0.25, 0.3) is 0 Å². The van der Waals surface area contributed by atoms with Gasteiger partial charge in [0.15, 0.2) is 6.61 Å². The third-order valence-corrected chi connectivity index (χ3v) is 5.40. The van der Waals surface area contributed by atoms with Gasteiger partial charge >= 0.3 is 5.97 Å². The number of carbonyl (C=O) groups excluding carboxylic acids is 2. The molecule has 2 aliphatic carbocycles. The Morgan fingerprint density at radius 2 is 1.61 bits per heavy atom. The molecule has 1 aromatic carbocycles. The van der Waals surface area contributed by atoms with Crippen molar-refractivity contribution in [2.75, 3.05) is 13.2 Å². The molecule has 152 valence electrons. The molecule has 0 aliphatic heterocycles. The number of nitrogens with one attached hydrogen (secondary N) is 2. The maximum Gasteiger partial charge on any atom is 0.306 e. The maximum absolute atomic E-state index is 12.2. The van der Waals surface area contributed by atoms with Crippen molar-refractivity contribution < 1.29 is 24.2 Å². The van der Waals surface area contributed by atoms with E-state index >= 15 is 0 Å². The summed E-state index contributed by atoms with van der Waals surface area (Å²) >= 11 is 0. The molecular formula is C21H28N2O5. The first-order chi connectivity index (χ1) is 13.5. The number of hydrogen-bond acceptors (Lipinski definition) is 4. The molecule has 0 radical (unpaired) electrons. The molecule has 0 atom stereocenters. The summed E-state index contributed by atoms with van der Waals surface area (Å²) in [5.74, 6) is -0.557. The van der Waals surface area contributed by atoms with E-state index in [4.69, 9.17) is 9.84 Å². The highest BCUT2D eigenvalue weighted by Crippen LogP contribution is 2.29. The van der Waals surface area contributed by atoms with Crippen molar-refractivity contribution in [2.24, 2.45) is 11.8 Å². The summed E-state index contributed by atoms with van der Waals surface area (Å²) in [6.45, 7) is 0.567. The number of hydrogen-bond donors (Lipinski definition) is 3. The minimum atomic E-state index is -0.755. The molecule has 0 bridgehead atoms. The Balaban J connectivity index is 1.32. The molecule has 1 aromatic rings. The van der Waals surface area contributed by atoms with Gasteiger partial charge in [0.05, 0.1) is 5.92 Å². The SMILES string of the molecule is O=C(COc1ccc(CCNC(=O)C2CCC(C(=O)O)CC2)cc1)NC1CC1. The number of carboxylic acids is 1. The molecule has 0 spiro atoms. The highest BCUT2D eigenvalue weighted by molar-refractivity contribution is 5.79. The summed E-state index contributed by atoms with van der Waals surface area (Å²) in [5, 5.41) is 14.8. The van der Waals surface area contributed by atoms with E-state index in [1.54, 1.807) is 0 Å². The van der Waals surface area contributed by atoms with Gasteiger partial charge in [0.2, 0.25) is 5.91 Å². The summed E-state index contributed by atoms with van der Waals surface area (Å²) in [6, 6.07) is 7.85. The van der Waals surface area contributed by atoms with Gasteiger partial charge in [-0.05, 0) is 62.6 Å². The number of rotatable bonds is 9. The van der Waals surface area contributed by atoms with Crippen molar-refractivity contribution in [1.82, 2.24) is 10.6 Å². The van der Waals surface area contributed by atoms with Crippen LogP contribution in [0.3, 0.4) is 0 Å². The minimum Gasteiger partial charge on any atom is -0.484 e. The van der Waals surface area contributed by atoms with Crippen LogP contribution in [0.1, 0.15) is 44.1 Å². The van der Waals surface area contributed by atoms with Crippen molar-refractivity contribution >= 4 is 17.8 Å². The molecule has 3 rings (SSSR count). The number of benzene rings is 1. The predicted molar refractivity (Wildman–Crippen MR) is 103 cm³/mol. The largest absolute Gasteiger partial charge is 0.484 e. The third kappa shape index (κ3) is 6.25. The fraction of sp³-hybridized carbons (Fsp3) is 0.571. The van der Waals surface area contributed by atoms with Crippen molar-refractivity contribution in [3.05, 3.63) is 29.8 Å². The molecule has 2 aliphatic rings. The summed E-state index contributed by atoms with van der Waals surface area (Å²) in [6.07, 6.45) is 5.26. The van der Waals surface area contributed by atoms with Crippen LogP contribution in [0.2, 0.25) is 0 Å². The molecule has 2 amide bonds. The lowest BCUT2D eigenvalue weighted by atomic mass is 9.81. The molecule has 2 fully saturated rings. The van der Waals surface area contributed by atoms with Crippen LogP contribution < -0.4 is 15.4 Å². The van der Waals surface area contributed by atoms with Crippen LogP contribution >= 0.6 is 0 Å². The Morgan fingerprint density at radius 3 is 2.21 bits per heavy atom.